The molecule has 0 aliphatic rings. The molecule has 0 bridgehead atoms. The molecule has 2 aromatic carbocycles. The summed E-state index contributed by atoms with van der Waals surface area (Å²) in [6.07, 6.45) is 1.04. The molecule has 1 N–H and O–H groups in total. The van der Waals surface area contributed by atoms with Gasteiger partial charge in [-0.05, 0) is 35.2 Å². The van der Waals surface area contributed by atoms with Crippen LogP contribution < -0.4 is 4.74 Å². The molecule has 0 spiro atoms. The predicted molar refractivity (Wildman–Crippen MR) is 77.9 cm³/mol. The Balaban J connectivity index is 1.97. The summed E-state index contributed by atoms with van der Waals surface area (Å²) in [5.74, 6) is -0.138. The van der Waals surface area contributed by atoms with E-state index in [1.54, 1.807) is 12.1 Å². The van der Waals surface area contributed by atoms with E-state index in [-0.39, 0.29) is 6.42 Å². The van der Waals surface area contributed by atoms with Crippen LogP contribution >= 0.6 is 0 Å². The topological polar surface area (TPSA) is 46.5 Å². The number of hydrogen-bond acceptors (Lipinski definition) is 2. The van der Waals surface area contributed by atoms with Crippen molar-refractivity contribution in [2.24, 2.45) is 0 Å². The minimum atomic E-state index is -0.836. The van der Waals surface area contributed by atoms with Gasteiger partial charge in [0, 0.05) is 0 Å². The minimum absolute atomic E-state index is 0.0163. The minimum Gasteiger partial charge on any atom is -0.489 e. The van der Waals surface area contributed by atoms with Gasteiger partial charge in [0.1, 0.15) is 12.4 Å². The van der Waals surface area contributed by atoms with Crippen molar-refractivity contribution < 1.29 is 14.6 Å². The number of hydrogen-bond donors (Lipinski definition) is 1. The number of carbonyl (C=O) groups is 1. The van der Waals surface area contributed by atoms with Crippen molar-refractivity contribution in [2.45, 2.75) is 26.4 Å². The van der Waals surface area contributed by atoms with Crippen LogP contribution in [0.1, 0.15) is 23.6 Å². The number of benzene rings is 2. The Morgan fingerprint density at radius 1 is 1.05 bits per heavy atom. The third-order valence-electron chi connectivity index (χ3n) is 3.09. The summed E-state index contributed by atoms with van der Waals surface area (Å²) in [5, 5.41) is 8.77. The van der Waals surface area contributed by atoms with Crippen LogP contribution in [0.5, 0.6) is 5.75 Å². The summed E-state index contributed by atoms with van der Waals surface area (Å²) in [6.45, 7) is 2.61. The molecule has 2 aromatic rings. The summed E-state index contributed by atoms with van der Waals surface area (Å²) >= 11 is 0. The molecule has 3 heteroatoms. The molecule has 104 valence electrons. The SMILES string of the molecule is CCc1ccc(COc2cccc(CC(=O)O)c2)cc1. The quantitative estimate of drug-likeness (QED) is 0.874. The Hall–Kier alpha value is -2.29. The Morgan fingerprint density at radius 3 is 2.40 bits per heavy atom. The first-order valence-electron chi connectivity index (χ1n) is 6.68. The molecule has 0 amide bonds. The molecule has 0 radical (unpaired) electrons. The smallest absolute Gasteiger partial charge is 0.307 e. The molecule has 2 rings (SSSR count). The predicted octanol–water partition coefficient (Wildman–Crippen LogP) is 3.46. The van der Waals surface area contributed by atoms with Gasteiger partial charge in [-0.15, -0.1) is 0 Å². The number of aliphatic carboxylic acids is 1. The van der Waals surface area contributed by atoms with E-state index < -0.39 is 5.97 Å². The fraction of sp³-hybridized carbons (Fsp3) is 0.235. The summed E-state index contributed by atoms with van der Waals surface area (Å²) in [7, 11) is 0. The van der Waals surface area contributed by atoms with Crippen LogP contribution in [-0.4, -0.2) is 11.1 Å². The standard InChI is InChI=1S/C17H18O3/c1-2-13-6-8-14(9-7-13)12-20-16-5-3-4-15(10-16)11-17(18)19/h3-10H,2,11-12H2,1H3,(H,18,19). The van der Waals surface area contributed by atoms with E-state index in [0.717, 1.165) is 17.5 Å². The van der Waals surface area contributed by atoms with Gasteiger partial charge in [-0.2, -0.15) is 0 Å². The van der Waals surface area contributed by atoms with Gasteiger partial charge < -0.3 is 9.84 Å². The lowest BCUT2D eigenvalue weighted by Crippen LogP contribution is -2.01. The van der Waals surface area contributed by atoms with Crippen LogP contribution in [0.15, 0.2) is 48.5 Å². The molecule has 0 saturated carbocycles. The number of ether oxygens (including phenoxy) is 1. The van der Waals surface area contributed by atoms with Crippen LogP contribution in [0.25, 0.3) is 0 Å². The van der Waals surface area contributed by atoms with Crippen LogP contribution in [-0.2, 0) is 24.2 Å². The van der Waals surface area contributed by atoms with Crippen LogP contribution in [0.4, 0.5) is 0 Å². The highest BCUT2D eigenvalue weighted by Crippen LogP contribution is 2.16. The van der Waals surface area contributed by atoms with Gasteiger partial charge in [-0.3, -0.25) is 4.79 Å². The molecule has 0 aromatic heterocycles. The molecule has 0 atom stereocenters. The molecule has 3 nitrogen and oxygen atoms in total. The normalized spacial score (nSPS) is 10.2. The van der Waals surface area contributed by atoms with Gasteiger partial charge in [0.05, 0.1) is 6.42 Å². The van der Waals surface area contributed by atoms with Gasteiger partial charge >= 0.3 is 5.97 Å². The molecule has 0 unspecified atom stereocenters. The summed E-state index contributed by atoms with van der Waals surface area (Å²) in [6, 6.07) is 15.5. The number of aryl methyl sites for hydroxylation is 1. The first kappa shape index (κ1) is 14.1. The summed E-state index contributed by atoms with van der Waals surface area (Å²) in [5.41, 5.74) is 3.15. The van der Waals surface area contributed by atoms with Crippen molar-refractivity contribution in [1.29, 1.82) is 0 Å². The highest BCUT2D eigenvalue weighted by atomic mass is 16.5. The molecule has 0 aliphatic heterocycles. The van der Waals surface area contributed by atoms with Crippen molar-refractivity contribution in [3.05, 3.63) is 65.2 Å². The Labute approximate surface area is 118 Å². The van der Waals surface area contributed by atoms with Crippen molar-refractivity contribution in [2.75, 3.05) is 0 Å². The van der Waals surface area contributed by atoms with Gasteiger partial charge in [0.15, 0.2) is 0 Å². The van der Waals surface area contributed by atoms with Crippen LogP contribution in [0, 0.1) is 0 Å². The lowest BCUT2D eigenvalue weighted by Gasteiger charge is -2.08. The second kappa shape index (κ2) is 6.75. The fourth-order valence-corrected chi connectivity index (χ4v) is 1.96. The van der Waals surface area contributed by atoms with Crippen LogP contribution in [0.2, 0.25) is 0 Å². The maximum atomic E-state index is 10.7. The van der Waals surface area contributed by atoms with E-state index in [1.807, 2.05) is 12.1 Å². The molecular formula is C17H18O3. The molecule has 0 saturated heterocycles. The zero-order valence-electron chi connectivity index (χ0n) is 11.5. The largest absolute Gasteiger partial charge is 0.489 e. The lowest BCUT2D eigenvalue weighted by atomic mass is 10.1. The first-order chi connectivity index (χ1) is 9.67. The molecular weight excluding hydrogens is 252 g/mol. The number of carboxylic acids is 1. The summed E-state index contributed by atoms with van der Waals surface area (Å²) < 4.78 is 5.69. The van der Waals surface area contributed by atoms with E-state index >= 15 is 0 Å². The molecule has 0 fully saturated rings. The van der Waals surface area contributed by atoms with E-state index in [4.69, 9.17) is 9.84 Å². The third kappa shape index (κ3) is 4.12. The van der Waals surface area contributed by atoms with Crippen molar-refractivity contribution >= 4 is 5.97 Å². The zero-order chi connectivity index (χ0) is 14.4. The molecule has 0 heterocycles. The van der Waals surface area contributed by atoms with Crippen LogP contribution in [0.3, 0.4) is 0 Å². The lowest BCUT2D eigenvalue weighted by molar-refractivity contribution is -0.136. The summed E-state index contributed by atoms with van der Waals surface area (Å²) in [4.78, 5) is 10.7. The Morgan fingerprint density at radius 2 is 1.75 bits per heavy atom. The zero-order valence-corrected chi connectivity index (χ0v) is 11.5. The third-order valence-corrected chi connectivity index (χ3v) is 3.09. The maximum Gasteiger partial charge on any atom is 0.307 e. The van der Waals surface area contributed by atoms with Gasteiger partial charge in [-0.25, -0.2) is 0 Å². The number of carboxylic acid groups (broad SMARTS) is 1. The monoisotopic (exact) mass is 270 g/mol. The van der Waals surface area contributed by atoms with Crippen molar-refractivity contribution in [3.8, 4) is 5.75 Å². The van der Waals surface area contributed by atoms with Gasteiger partial charge in [0.2, 0.25) is 0 Å². The first-order valence-corrected chi connectivity index (χ1v) is 6.68. The van der Waals surface area contributed by atoms with Crippen molar-refractivity contribution in [3.63, 3.8) is 0 Å². The van der Waals surface area contributed by atoms with Gasteiger partial charge in [-0.1, -0.05) is 43.3 Å². The van der Waals surface area contributed by atoms with Gasteiger partial charge in [0.25, 0.3) is 0 Å². The highest BCUT2D eigenvalue weighted by Gasteiger charge is 2.02. The second-order valence-electron chi connectivity index (χ2n) is 4.68. The van der Waals surface area contributed by atoms with E-state index in [9.17, 15) is 4.79 Å². The average Bonchev–Trinajstić information content (AvgIpc) is 2.45. The average molecular weight is 270 g/mol. The highest BCUT2D eigenvalue weighted by molar-refractivity contribution is 5.70. The van der Waals surface area contributed by atoms with Crippen molar-refractivity contribution in [1.82, 2.24) is 0 Å². The van der Waals surface area contributed by atoms with E-state index in [2.05, 4.69) is 31.2 Å². The Kier molecular flexibility index (Phi) is 4.77. The fourth-order valence-electron chi connectivity index (χ4n) is 1.96. The molecule has 20 heavy (non-hydrogen) atoms. The second-order valence-corrected chi connectivity index (χ2v) is 4.68. The maximum absolute atomic E-state index is 10.7. The number of rotatable bonds is 6. The van der Waals surface area contributed by atoms with E-state index in [1.165, 1.54) is 5.56 Å². The molecule has 0 aliphatic carbocycles. The van der Waals surface area contributed by atoms with E-state index in [0.29, 0.717) is 12.4 Å². The Bertz CT molecular complexity index is 573.